The number of anilines is 1. The molecule has 0 atom stereocenters. The van der Waals surface area contributed by atoms with Gasteiger partial charge in [-0.25, -0.2) is 4.98 Å². The molecule has 3 rings (SSSR count). The summed E-state index contributed by atoms with van der Waals surface area (Å²) in [6.07, 6.45) is 0. The second-order valence-corrected chi connectivity index (χ2v) is 5.29. The van der Waals surface area contributed by atoms with Crippen molar-refractivity contribution in [2.75, 3.05) is 18.5 Å². The van der Waals surface area contributed by atoms with Gasteiger partial charge in [-0.05, 0) is 24.3 Å². The van der Waals surface area contributed by atoms with Crippen LogP contribution in [0, 0.1) is 0 Å². The largest absolute Gasteiger partial charge is 0.395 e. The summed E-state index contributed by atoms with van der Waals surface area (Å²) in [6.45, 7) is 0.396. The fourth-order valence-electron chi connectivity index (χ4n) is 2.14. The van der Waals surface area contributed by atoms with E-state index >= 15 is 0 Å². The van der Waals surface area contributed by atoms with Crippen LogP contribution in [0.5, 0.6) is 0 Å². The van der Waals surface area contributed by atoms with Crippen LogP contribution in [0.1, 0.15) is 0 Å². The Morgan fingerprint density at radius 2 is 1.65 bits per heavy atom. The minimum atomic E-state index is 0.00844. The van der Waals surface area contributed by atoms with Gasteiger partial charge in [0.15, 0.2) is 11.6 Å². The van der Waals surface area contributed by atoms with Gasteiger partial charge >= 0.3 is 0 Å². The van der Waals surface area contributed by atoms with E-state index in [9.17, 15) is 0 Å². The molecule has 0 saturated carbocycles. The molecule has 5 nitrogen and oxygen atoms in total. The van der Waals surface area contributed by atoms with Crippen molar-refractivity contribution in [1.29, 1.82) is 0 Å². The number of hydrogen-bond donors (Lipinski definition) is 2. The minimum Gasteiger partial charge on any atom is -0.395 e. The third-order valence-electron chi connectivity index (χ3n) is 3.24. The molecule has 2 N–H and O–H groups in total. The quantitative estimate of drug-likeness (QED) is 0.753. The van der Waals surface area contributed by atoms with Crippen LogP contribution in [0.15, 0.2) is 54.6 Å². The molecule has 0 aliphatic carbocycles. The van der Waals surface area contributed by atoms with Gasteiger partial charge < -0.3 is 10.4 Å². The number of aromatic nitrogens is 3. The van der Waals surface area contributed by atoms with Crippen LogP contribution in [-0.4, -0.2) is 33.4 Å². The lowest BCUT2D eigenvalue weighted by Gasteiger charge is -2.10. The van der Waals surface area contributed by atoms with Crippen molar-refractivity contribution < 1.29 is 5.11 Å². The molecule has 0 spiro atoms. The average Bonchev–Trinajstić information content (AvgIpc) is 2.61. The molecule has 3 aromatic rings. The number of hydrogen-bond acceptors (Lipinski definition) is 5. The predicted molar refractivity (Wildman–Crippen MR) is 91.3 cm³/mol. The van der Waals surface area contributed by atoms with Gasteiger partial charge in [0.1, 0.15) is 5.69 Å². The van der Waals surface area contributed by atoms with E-state index in [1.165, 1.54) is 0 Å². The van der Waals surface area contributed by atoms with Crippen LogP contribution in [-0.2, 0) is 0 Å². The van der Waals surface area contributed by atoms with Crippen molar-refractivity contribution >= 4 is 17.4 Å². The van der Waals surface area contributed by atoms with Gasteiger partial charge in [0.2, 0.25) is 0 Å². The number of benzene rings is 2. The van der Waals surface area contributed by atoms with Gasteiger partial charge in [-0.1, -0.05) is 41.9 Å². The highest BCUT2D eigenvalue weighted by Crippen LogP contribution is 2.26. The molecule has 0 amide bonds. The number of halogens is 1. The van der Waals surface area contributed by atoms with Gasteiger partial charge in [-0.2, -0.15) is 0 Å². The summed E-state index contributed by atoms with van der Waals surface area (Å²) in [5.41, 5.74) is 2.39. The molecule has 0 bridgehead atoms. The smallest absolute Gasteiger partial charge is 0.183 e. The van der Waals surface area contributed by atoms with Gasteiger partial charge in [-0.15, -0.1) is 10.2 Å². The van der Waals surface area contributed by atoms with Crippen molar-refractivity contribution in [3.8, 4) is 22.6 Å². The van der Waals surface area contributed by atoms with Crippen molar-refractivity contribution in [2.45, 2.75) is 0 Å². The zero-order chi connectivity index (χ0) is 16.1. The Kier molecular flexibility index (Phi) is 4.80. The molecule has 0 fully saturated rings. The fourth-order valence-corrected chi connectivity index (χ4v) is 2.26. The molecule has 0 aliphatic heterocycles. The zero-order valence-electron chi connectivity index (χ0n) is 12.3. The van der Waals surface area contributed by atoms with Crippen LogP contribution in [0.25, 0.3) is 22.6 Å². The lowest BCUT2D eigenvalue weighted by atomic mass is 10.1. The maximum atomic E-state index is 9.06. The topological polar surface area (TPSA) is 70.9 Å². The second-order valence-electron chi connectivity index (χ2n) is 4.86. The molecular formula is C17H15ClN4O. The van der Waals surface area contributed by atoms with Crippen molar-refractivity contribution in [1.82, 2.24) is 15.2 Å². The first kappa shape index (κ1) is 15.4. The summed E-state index contributed by atoms with van der Waals surface area (Å²) in [7, 11) is 0. The predicted octanol–water partition coefficient (Wildman–Crippen LogP) is 3.26. The normalized spacial score (nSPS) is 10.5. The number of nitrogens with zero attached hydrogens (tertiary/aromatic N) is 3. The Morgan fingerprint density at radius 1 is 0.913 bits per heavy atom. The molecule has 116 valence electrons. The van der Waals surface area contributed by atoms with E-state index < -0.39 is 0 Å². The molecule has 23 heavy (non-hydrogen) atoms. The average molecular weight is 327 g/mol. The Hall–Kier alpha value is -2.50. The van der Waals surface area contributed by atoms with Gasteiger partial charge in [0.25, 0.3) is 0 Å². The van der Waals surface area contributed by atoms with E-state index in [1.54, 1.807) is 12.1 Å². The highest BCUT2D eigenvalue weighted by Gasteiger charge is 2.12. The molecule has 0 aliphatic rings. The maximum absolute atomic E-state index is 9.06. The van der Waals surface area contributed by atoms with E-state index in [0.717, 1.165) is 11.1 Å². The van der Waals surface area contributed by atoms with Gasteiger partial charge in [-0.3, -0.25) is 0 Å². The summed E-state index contributed by atoms with van der Waals surface area (Å²) in [5.74, 6) is 1.09. The van der Waals surface area contributed by atoms with E-state index in [-0.39, 0.29) is 6.61 Å². The molecular weight excluding hydrogens is 312 g/mol. The van der Waals surface area contributed by atoms with Crippen molar-refractivity contribution in [3.05, 3.63) is 59.6 Å². The molecule has 0 unspecified atom stereocenters. The Balaban J connectivity index is 2.03. The number of rotatable bonds is 5. The number of aliphatic hydroxyl groups excluding tert-OH is 1. The van der Waals surface area contributed by atoms with Gasteiger partial charge in [0.05, 0.1) is 6.61 Å². The summed E-state index contributed by atoms with van der Waals surface area (Å²) >= 11 is 5.91. The summed E-state index contributed by atoms with van der Waals surface area (Å²) in [4.78, 5) is 4.55. The lowest BCUT2D eigenvalue weighted by molar-refractivity contribution is 0.311. The first-order valence-electron chi connectivity index (χ1n) is 7.19. The van der Waals surface area contributed by atoms with E-state index in [4.69, 9.17) is 16.7 Å². The monoisotopic (exact) mass is 326 g/mol. The molecule has 2 aromatic carbocycles. The van der Waals surface area contributed by atoms with Crippen LogP contribution in [0.2, 0.25) is 5.02 Å². The third kappa shape index (κ3) is 3.64. The zero-order valence-corrected chi connectivity index (χ0v) is 13.0. The summed E-state index contributed by atoms with van der Waals surface area (Å²) in [6, 6.07) is 16.9. The Labute approximate surface area is 139 Å². The van der Waals surface area contributed by atoms with Crippen LogP contribution < -0.4 is 5.32 Å². The van der Waals surface area contributed by atoms with Crippen molar-refractivity contribution in [3.63, 3.8) is 0 Å². The Morgan fingerprint density at radius 3 is 2.35 bits per heavy atom. The fraction of sp³-hybridized carbons (Fsp3) is 0.118. The second kappa shape index (κ2) is 7.17. The summed E-state index contributed by atoms with van der Waals surface area (Å²) in [5, 5.41) is 21.3. The van der Waals surface area contributed by atoms with E-state index in [0.29, 0.717) is 28.9 Å². The maximum Gasteiger partial charge on any atom is 0.183 e. The Bertz CT molecular complexity index is 778. The van der Waals surface area contributed by atoms with Gasteiger partial charge in [0, 0.05) is 22.7 Å². The highest BCUT2D eigenvalue weighted by atomic mass is 35.5. The van der Waals surface area contributed by atoms with Crippen LogP contribution in [0.4, 0.5) is 5.82 Å². The summed E-state index contributed by atoms with van der Waals surface area (Å²) < 4.78 is 0. The van der Waals surface area contributed by atoms with E-state index in [2.05, 4.69) is 20.5 Å². The van der Waals surface area contributed by atoms with Crippen LogP contribution in [0.3, 0.4) is 0 Å². The molecule has 1 heterocycles. The van der Waals surface area contributed by atoms with E-state index in [1.807, 2.05) is 42.5 Å². The molecule has 1 aromatic heterocycles. The lowest BCUT2D eigenvalue weighted by Crippen LogP contribution is -2.10. The SMILES string of the molecule is OCCNc1nc(-c2ccc(Cl)cc2)nnc1-c1ccccc1. The number of aliphatic hydroxyl groups is 1. The first-order chi connectivity index (χ1) is 11.3. The van der Waals surface area contributed by atoms with Crippen LogP contribution >= 0.6 is 11.6 Å². The highest BCUT2D eigenvalue weighted by molar-refractivity contribution is 6.30. The standard InChI is InChI=1S/C17H15ClN4O/c18-14-8-6-13(7-9-14)16-20-17(19-10-11-23)15(21-22-16)12-4-2-1-3-5-12/h1-9,23H,10-11H2,(H,19,20,22). The molecule has 6 heteroatoms. The molecule has 0 saturated heterocycles. The molecule has 0 radical (unpaired) electrons. The minimum absolute atomic E-state index is 0.00844. The van der Waals surface area contributed by atoms with Crippen molar-refractivity contribution in [2.24, 2.45) is 0 Å². The first-order valence-corrected chi connectivity index (χ1v) is 7.56. The third-order valence-corrected chi connectivity index (χ3v) is 3.49. The number of nitrogens with one attached hydrogen (secondary N) is 1.